The number of aromatic hydroxyl groups is 1. The van der Waals surface area contributed by atoms with Crippen molar-refractivity contribution in [2.24, 2.45) is 5.92 Å². The summed E-state index contributed by atoms with van der Waals surface area (Å²) in [6.07, 6.45) is 2.48. The van der Waals surface area contributed by atoms with E-state index in [9.17, 15) is 15.0 Å². The second-order valence-electron chi connectivity index (χ2n) is 7.61. The van der Waals surface area contributed by atoms with Crippen molar-refractivity contribution in [1.82, 2.24) is 0 Å². The van der Waals surface area contributed by atoms with Gasteiger partial charge in [0.25, 0.3) is 0 Å². The third-order valence-electron chi connectivity index (χ3n) is 5.01. The van der Waals surface area contributed by atoms with Gasteiger partial charge in [0.1, 0.15) is 11.5 Å². The Morgan fingerprint density at radius 3 is 2.32 bits per heavy atom. The molecule has 28 heavy (non-hydrogen) atoms. The van der Waals surface area contributed by atoms with Crippen LogP contribution in [0.2, 0.25) is 0 Å². The molecule has 0 spiro atoms. The molecule has 0 aliphatic carbocycles. The van der Waals surface area contributed by atoms with E-state index >= 15 is 0 Å². The lowest BCUT2D eigenvalue weighted by atomic mass is 9.93. The van der Waals surface area contributed by atoms with Gasteiger partial charge in [0.05, 0.1) is 18.9 Å². The highest BCUT2D eigenvalue weighted by atomic mass is 16.5. The van der Waals surface area contributed by atoms with Crippen molar-refractivity contribution in [3.8, 4) is 11.5 Å². The molecule has 0 aliphatic heterocycles. The summed E-state index contributed by atoms with van der Waals surface area (Å²) in [4.78, 5) is 12.8. The lowest BCUT2D eigenvalue weighted by Gasteiger charge is -2.24. The Kier molecular flexibility index (Phi) is 7.88. The molecule has 0 heterocycles. The topological polar surface area (TPSA) is 70.0 Å². The number of rotatable bonds is 10. The number of phenols is 1. The monoisotopic (exact) mass is 385 g/mol. The minimum Gasteiger partial charge on any atom is -0.506 e. The fourth-order valence-electron chi connectivity index (χ4n) is 3.29. The fraction of sp³-hybridized carbons (Fsp3) is 0.435. The molecular weight excluding hydrogens is 354 g/mol. The van der Waals surface area contributed by atoms with Gasteiger partial charge in [-0.15, -0.1) is 0 Å². The number of anilines is 1. The number of carbonyl (C=O) groups is 1. The van der Waals surface area contributed by atoms with Gasteiger partial charge >= 0.3 is 0 Å². The van der Waals surface area contributed by atoms with Gasteiger partial charge in [-0.1, -0.05) is 25.1 Å². The summed E-state index contributed by atoms with van der Waals surface area (Å²) in [5.74, 6) is 1.30. The molecule has 5 nitrogen and oxygen atoms in total. The molecule has 2 aromatic rings. The Hall–Kier alpha value is -2.53. The van der Waals surface area contributed by atoms with Gasteiger partial charge in [0.2, 0.25) is 6.41 Å². The molecule has 2 aromatic carbocycles. The van der Waals surface area contributed by atoms with Gasteiger partial charge in [-0.05, 0) is 74.4 Å². The number of benzene rings is 2. The highest BCUT2D eigenvalue weighted by Gasteiger charge is 2.17. The molecule has 2 atom stereocenters. The summed E-state index contributed by atoms with van der Waals surface area (Å²) < 4.78 is 5.18. The first kappa shape index (κ1) is 21.8. The van der Waals surface area contributed by atoms with E-state index < -0.39 is 6.10 Å². The maximum atomic E-state index is 11.4. The van der Waals surface area contributed by atoms with Crippen LogP contribution in [0.1, 0.15) is 50.8 Å². The summed E-state index contributed by atoms with van der Waals surface area (Å²) in [5, 5.41) is 20.7. The molecule has 0 saturated heterocycles. The smallest absolute Gasteiger partial charge is 0.214 e. The molecule has 5 heteroatoms. The number of hydrogen-bond donors (Lipinski definition) is 2. The molecule has 2 rings (SSSR count). The van der Waals surface area contributed by atoms with E-state index in [4.69, 9.17) is 4.74 Å². The standard InChI is InChI=1S/C23H31NO4/c1-16(2)24(15-25)21-14-19(8-12-23(21)27)22(26)11-5-17(3)13-18-6-9-20(28-4)10-7-18/h6-10,12,14-17,22,26-27H,5,11,13H2,1-4H3. The van der Waals surface area contributed by atoms with Gasteiger partial charge in [-0.25, -0.2) is 0 Å². The molecule has 0 aliphatic rings. The van der Waals surface area contributed by atoms with Gasteiger partial charge in [0.15, 0.2) is 0 Å². The van der Waals surface area contributed by atoms with Gasteiger partial charge in [-0.2, -0.15) is 0 Å². The number of methoxy groups -OCH3 is 1. The first-order valence-corrected chi connectivity index (χ1v) is 9.73. The van der Waals surface area contributed by atoms with Gasteiger partial charge in [-0.3, -0.25) is 4.79 Å². The van der Waals surface area contributed by atoms with Crippen LogP contribution < -0.4 is 9.64 Å². The first-order valence-electron chi connectivity index (χ1n) is 9.73. The minimum atomic E-state index is -0.640. The van der Waals surface area contributed by atoms with Crippen molar-refractivity contribution in [2.45, 2.75) is 52.2 Å². The number of phenolic OH excluding ortho intramolecular Hbond substituents is 1. The maximum Gasteiger partial charge on any atom is 0.214 e. The lowest BCUT2D eigenvalue weighted by Crippen LogP contribution is -2.29. The molecule has 152 valence electrons. The normalized spacial score (nSPS) is 13.2. The number of aliphatic hydroxyl groups excluding tert-OH is 1. The van der Waals surface area contributed by atoms with Crippen LogP contribution in [0.3, 0.4) is 0 Å². The van der Waals surface area contributed by atoms with E-state index in [1.807, 2.05) is 26.0 Å². The van der Waals surface area contributed by atoms with Crippen LogP contribution in [-0.4, -0.2) is 29.8 Å². The predicted octanol–water partition coefficient (Wildman–Crippen LogP) is 4.46. The van der Waals surface area contributed by atoms with Crippen LogP contribution in [0.25, 0.3) is 0 Å². The summed E-state index contributed by atoms with van der Waals surface area (Å²) in [5.41, 5.74) is 2.37. The van der Waals surface area contributed by atoms with Crippen LogP contribution in [-0.2, 0) is 11.2 Å². The molecule has 0 saturated carbocycles. The van der Waals surface area contributed by atoms with E-state index in [0.29, 0.717) is 30.0 Å². The molecule has 0 aromatic heterocycles. The number of ether oxygens (including phenoxy) is 1. The number of carbonyl (C=O) groups excluding carboxylic acids is 1. The Morgan fingerprint density at radius 2 is 1.75 bits per heavy atom. The van der Waals surface area contributed by atoms with Crippen molar-refractivity contribution in [1.29, 1.82) is 0 Å². The number of aliphatic hydroxyl groups is 1. The average molecular weight is 386 g/mol. The summed E-state index contributed by atoms with van der Waals surface area (Å²) in [7, 11) is 1.66. The van der Waals surface area contributed by atoms with E-state index in [-0.39, 0.29) is 11.8 Å². The zero-order valence-electron chi connectivity index (χ0n) is 17.1. The predicted molar refractivity (Wildman–Crippen MR) is 112 cm³/mol. The lowest BCUT2D eigenvalue weighted by molar-refractivity contribution is -0.107. The second kappa shape index (κ2) is 10.1. The Bertz CT molecular complexity index is 758. The van der Waals surface area contributed by atoms with Crippen LogP contribution in [0.15, 0.2) is 42.5 Å². The number of hydrogen-bond acceptors (Lipinski definition) is 4. The number of nitrogens with zero attached hydrogens (tertiary/aromatic N) is 1. The van der Waals surface area contributed by atoms with Gasteiger partial charge < -0.3 is 19.8 Å². The largest absolute Gasteiger partial charge is 0.506 e. The third-order valence-corrected chi connectivity index (χ3v) is 5.01. The van der Waals surface area contributed by atoms with E-state index in [1.165, 1.54) is 16.5 Å². The average Bonchev–Trinajstić information content (AvgIpc) is 2.68. The Labute approximate surface area is 167 Å². The van der Waals surface area contributed by atoms with Crippen molar-refractivity contribution in [2.75, 3.05) is 12.0 Å². The highest BCUT2D eigenvalue weighted by molar-refractivity contribution is 5.79. The molecule has 0 fully saturated rings. The fourth-order valence-corrected chi connectivity index (χ4v) is 3.29. The maximum absolute atomic E-state index is 11.4. The Balaban J connectivity index is 1.98. The summed E-state index contributed by atoms with van der Waals surface area (Å²) in [6, 6.07) is 12.9. The van der Waals surface area contributed by atoms with E-state index in [2.05, 4.69) is 19.1 Å². The third kappa shape index (κ3) is 5.73. The van der Waals surface area contributed by atoms with Crippen LogP contribution in [0.4, 0.5) is 5.69 Å². The van der Waals surface area contributed by atoms with E-state index in [0.717, 1.165) is 18.6 Å². The van der Waals surface area contributed by atoms with Crippen LogP contribution >= 0.6 is 0 Å². The van der Waals surface area contributed by atoms with E-state index in [1.54, 1.807) is 19.2 Å². The SMILES string of the molecule is COc1ccc(CC(C)CCC(O)c2ccc(O)c(N(C=O)C(C)C)c2)cc1. The molecular formula is C23H31NO4. The zero-order valence-corrected chi connectivity index (χ0v) is 17.1. The van der Waals surface area contributed by atoms with Crippen LogP contribution in [0.5, 0.6) is 11.5 Å². The quantitative estimate of drug-likeness (QED) is 0.592. The molecule has 2 unspecified atom stereocenters. The highest BCUT2D eigenvalue weighted by Crippen LogP contribution is 2.32. The van der Waals surface area contributed by atoms with Crippen molar-refractivity contribution < 1.29 is 19.7 Å². The Morgan fingerprint density at radius 1 is 1.07 bits per heavy atom. The summed E-state index contributed by atoms with van der Waals surface area (Å²) >= 11 is 0. The first-order chi connectivity index (χ1) is 13.3. The number of amides is 1. The zero-order chi connectivity index (χ0) is 20.7. The van der Waals surface area contributed by atoms with Crippen molar-refractivity contribution >= 4 is 12.1 Å². The second-order valence-corrected chi connectivity index (χ2v) is 7.61. The molecule has 0 radical (unpaired) electrons. The van der Waals surface area contributed by atoms with Crippen LogP contribution in [0, 0.1) is 5.92 Å². The van der Waals surface area contributed by atoms with Gasteiger partial charge in [0, 0.05) is 6.04 Å². The minimum absolute atomic E-state index is 0.0321. The molecule has 2 N–H and O–H groups in total. The molecule has 1 amide bonds. The summed E-state index contributed by atoms with van der Waals surface area (Å²) in [6.45, 7) is 5.92. The van der Waals surface area contributed by atoms with Crippen molar-refractivity contribution in [3.05, 3.63) is 53.6 Å². The van der Waals surface area contributed by atoms with Crippen molar-refractivity contribution in [3.63, 3.8) is 0 Å². The molecule has 0 bridgehead atoms.